The molecule has 1 heteroatoms. The Kier molecular flexibility index (Phi) is 4.72. The predicted molar refractivity (Wildman–Crippen MR) is 80.5 cm³/mol. The van der Waals surface area contributed by atoms with Crippen molar-refractivity contribution in [2.75, 3.05) is 0 Å². The molecule has 1 heterocycles. The highest BCUT2D eigenvalue weighted by Gasteiger charge is 1.97. The molecule has 0 aliphatic heterocycles. The van der Waals surface area contributed by atoms with E-state index in [0.717, 1.165) is 17.7 Å². The molecule has 1 aromatic carbocycles. The SMILES string of the molecule is C#C/C=C\C=C/Cc1ccc(-c2ccccc2)cn1. The Morgan fingerprint density at radius 3 is 2.53 bits per heavy atom. The van der Waals surface area contributed by atoms with E-state index in [2.05, 4.69) is 35.2 Å². The smallest absolute Gasteiger partial charge is 0.0441 e. The number of hydrogen-bond acceptors (Lipinski definition) is 1. The molecule has 2 aromatic rings. The van der Waals surface area contributed by atoms with E-state index in [-0.39, 0.29) is 0 Å². The molecule has 0 unspecified atom stereocenters. The molecule has 19 heavy (non-hydrogen) atoms. The van der Waals surface area contributed by atoms with E-state index in [9.17, 15) is 0 Å². The zero-order valence-corrected chi connectivity index (χ0v) is 10.7. The standard InChI is InChI=1S/C18H15N/c1-2-3-4-5-9-12-18-14-13-17(15-19-18)16-10-7-6-8-11-16/h1,3-11,13-15H,12H2/b4-3-,9-5-. The van der Waals surface area contributed by atoms with Crippen LogP contribution in [0.4, 0.5) is 0 Å². The van der Waals surface area contributed by atoms with Crippen molar-refractivity contribution in [2.24, 2.45) is 0 Å². The van der Waals surface area contributed by atoms with E-state index in [1.807, 2.05) is 42.6 Å². The third-order valence-electron chi connectivity index (χ3n) is 2.70. The van der Waals surface area contributed by atoms with E-state index >= 15 is 0 Å². The van der Waals surface area contributed by atoms with Gasteiger partial charge in [0.2, 0.25) is 0 Å². The first-order chi connectivity index (χ1) is 9.40. The molecule has 0 amide bonds. The second-order valence-electron chi connectivity index (χ2n) is 4.06. The van der Waals surface area contributed by atoms with Crippen LogP contribution in [0.25, 0.3) is 11.1 Å². The minimum absolute atomic E-state index is 0.810. The highest BCUT2D eigenvalue weighted by atomic mass is 14.7. The molecule has 1 aromatic heterocycles. The maximum Gasteiger partial charge on any atom is 0.0441 e. The van der Waals surface area contributed by atoms with Crippen molar-refractivity contribution < 1.29 is 0 Å². The van der Waals surface area contributed by atoms with Crippen molar-refractivity contribution in [2.45, 2.75) is 6.42 Å². The normalized spacial score (nSPS) is 10.9. The van der Waals surface area contributed by atoms with Crippen LogP contribution >= 0.6 is 0 Å². The first kappa shape index (κ1) is 12.9. The van der Waals surface area contributed by atoms with E-state index in [4.69, 9.17) is 6.42 Å². The third kappa shape index (κ3) is 3.97. The molecule has 0 aliphatic rings. The fraction of sp³-hybridized carbons (Fsp3) is 0.0556. The number of nitrogens with zero attached hydrogens (tertiary/aromatic N) is 1. The molecule has 0 atom stereocenters. The van der Waals surface area contributed by atoms with Gasteiger partial charge in [0.25, 0.3) is 0 Å². The minimum atomic E-state index is 0.810. The fourth-order valence-electron chi connectivity index (χ4n) is 1.73. The molecular weight excluding hydrogens is 230 g/mol. The van der Waals surface area contributed by atoms with Crippen molar-refractivity contribution in [3.63, 3.8) is 0 Å². The second-order valence-corrected chi connectivity index (χ2v) is 4.06. The summed E-state index contributed by atoms with van der Waals surface area (Å²) < 4.78 is 0. The third-order valence-corrected chi connectivity index (χ3v) is 2.70. The molecule has 0 saturated heterocycles. The van der Waals surface area contributed by atoms with E-state index in [1.54, 1.807) is 6.08 Å². The maximum absolute atomic E-state index is 5.11. The molecule has 0 radical (unpaired) electrons. The van der Waals surface area contributed by atoms with Crippen LogP contribution in [-0.2, 0) is 6.42 Å². The van der Waals surface area contributed by atoms with Gasteiger partial charge in [0, 0.05) is 23.9 Å². The van der Waals surface area contributed by atoms with E-state index in [0.29, 0.717) is 0 Å². The van der Waals surface area contributed by atoms with Crippen molar-refractivity contribution in [3.05, 3.63) is 78.7 Å². The lowest BCUT2D eigenvalue weighted by Gasteiger charge is -2.01. The van der Waals surface area contributed by atoms with Gasteiger partial charge < -0.3 is 0 Å². The van der Waals surface area contributed by atoms with Crippen LogP contribution in [0, 0.1) is 12.3 Å². The lowest BCUT2D eigenvalue weighted by Crippen LogP contribution is -1.87. The number of hydrogen-bond donors (Lipinski definition) is 0. The van der Waals surface area contributed by atoms with Crippen molar-refractivity contribution in [1.82, 2.24) is 4.98 Å². The summed E-state index contributed by atoms with van der Waals surface area (Å²) in [5.41, 5.74) is 3.37. The topological polar surface area (TPSA) is 12.9 Å². The van der Waals surface area contributed by atoms with Crippen molar-refractivity contribution in [1.29, 1.82) is 0 Å². The molecule has 1 nitrogen and oxygen atoms in total. The Balaban J connectivity index is 2.01. The second kappa shape index (κ2) is 6.98. The molecular formula is C18H15N. The first-order valence-corrected chi connectivity index (χ1v) is 6.18. The number of aromatic nitrogens is 1. The van der Waals surface area contributed by atoms with Gasteiger partial charge in [-0.05, 0) is 17.7 Å². The van der Waals surface area contributed by atoms with Gasteiger partial charge in [-0.25, -0.2) is 0 Å². The van der Waals surface area contributed by atoms with E-state index < -0.39 is 0 Å². The maximum atomic E-state index is 5.11. The lowest BCUT2D eigenvalue weighted by atomic mass is 10.1. The molecule has 0 saturated carbocycles. The van der Waals surface area contributed by atoms with Gasteiger partial charge in [-0.2, -0.15) is 0 Å². The Hall–Kier alpha value is -2.59. The largest absolute Gasteiger partial charge is 0.260 e. The van der Waals surface area contributed by atoms with Gasteiger partial charge in [-0.15, -0.1) is 6.42 Å². The van der Waals surface area contributed by atoms with Crippen LogP contribution < -0.4 is 0 Å². The van der Waals surface area contributed by atoms with Crippen LogP contribution in [0.15, 0.2) is 73.0 Å². The van der Waals surface area contributed by atoms with Gasteiger partial charge in [0.1, 0.15) is 0 Å². The number of pyridine rings is 1. The number of benzene rings is 1. The number of terminal acetylenes is 1. The van der Waals surface area contributed by atoms with Crippen LogP contribution in [-0.4, -0.2) is 4.98 Å². The zero-order chi connectivity index (χ0) is 13.3. The van der Waals surface area contributed by atoms with E-state index in [1.165, 1.54) is 5.56 Å². The summed E-state index contributed by atoms with van der Waals surface area (Å²) in [5.74, 6) is 2.44. The van der Waals surface area contributed by atoms with Crippen LogP contribution in [0.1, 0.15) is 5.69 Å². The average molecular weight is 245 g/mol. The summed E-state index contributed by atoms with van der Waals surface area (Å²) in [7, 11) is 0. The van der Waals surface area contributed by atoms with Gasteiger partial charge in [-0.3, -0.25) is 4.98 Å². The minimum Gasteiger partial charge on any atom is -0.260 e. The summed E-state index contributed by atoms with van der Waals surface area (Å²) in [6.45, 7) is 0. The summed E-state index contributed by atoms with van der Waals surface area (Å²) in [6.07, 6.45) is 15.3. The van der Waals surface area contributed by atoms with Crippen LogP contribution in [0.2, 0.25) is 0 Å². The Bertz CT molecular complexity index is 598. The first-order valence-electron chi connectivity index (χ1n) is 6.18. The average Bonchev–Trinajstić information content (AvgIpc) is 2.49. The zero-order valence-electron chi connectivity index (χ0n) is 10.7. The lowest BCUT2D eigenvalue weighted by molar-refractivity contribution is 1.11. The Labute approximate surface area is 114 Å². The molecule has 0 aliphatic carbocycles. The van der Waals surface area contributed by atoms with Crippen molar-refractivity contribution >= 4 is 0 Å². The molecule has 0 N–H and O–H groups in total. The molecule has 92 valence electrons. The quantitative estimate of drug-likeness (QED) is 0.585. The molecule has 0 bridgehead atoms. The van der Waals surface area contributed by atoms with Gasteiger partial charge in [-0.1, -0.05) is 60.5 Å². The highest BCUT2D eigenvalue weighted by molar-refractivity contribution is 5.62. The Morgan fingerprint density at radius 1 is 1.00 bits per heavy atom. The highest BCUT2D eigenvalue weighted by Crippen LogP contribution is 2.17. The molecule has 0 fully saturated rings. The van der Waals surface area contributed by atoms with Gasteiger partial charge in [0.15, 0.2) is 0 Å². The van der Waals surface area contributed by atoms with Crippen LogP contribution in [0.3, 0.4) is 0 Å². The van der Waals surface area contributed by atoms with Gasteiger partial charge >= 0.3 is 0 Å². The Morgan fingerprint density at radius 2 is 1.84 bits per heavy atom. The monoisotopic (exact) mass is 245 g/mol. The summed E-state index contributed by atoms with van der Waals surface area (Å²) in [5, 5.41) is 0. The van der Waals surface area contributed by atoms with Crippen LogP contribution in [0.5, 0.6) is 0 Å². The fourth-order valence-corrected chi connectivity index (χ4v) is 1.73. The molecule has 0 spiro atoms. The summed E-state index contributed by atoms with van der Waals surface area (Å²) in [6, 6.07) is 14.4. The predicted octanol–water partition coefficient (Wildman–Crippen LogP) is 4.04. The summed E-state index contributed by atoms with van der Waals surface area (Å²) >= 11 is 0. The molecule has 2 rings (SSSR count). The number of allylic oxidation sites excluding steroid dienone is 4. The van der Waals surface area contributed by atoms with Crippen molar-refractivity contribution in [3.8, 4) is 23.5 Å². The summed E-state index contributed by atoms with van der Waals surface area (Å²) in [4.78, 5) is 4.46. The number of rotatable bonds is 4. The van der Waals surface area contributed by atoms with Gasteiger partial charge in [0.05, 0.1) is 0 Å².